The first-order valence-electron chi connectivity index (χ1n) is 5.91. The van der Waals surface area contributed by atoms with Crippen molar-refractivity contribution in [3.63, 3.8) is 0 Å². The molecular formula is C13H17NO2S. The third-order valence-corrected chi connectivity index (χ3v) is 4.74. The summed E-state index contributed by atoms with van der Waals surface area (Å²) in [7, 11) is 0. The Bertz CT molecular complexity index is 391. The number of nitrogens with one attached hydrogen (secondary N) is 1. The van der Waals surface area contributed by atoms with Crippen molar-refractivity contribution < 1.29 is 9.35 Å². The van der Waals surface area contributed by atoms with E-state index in [1.807, 2.05) is 31.2 Å². The molecule has 0 bridgehead atoms. The Balaban J connectivity index is 2.10. The molecule has 0 radical (unpaired) electrons. The number of carbonyl (C=O) groups excluding carboxylic acids is 1. The predicted molar refractivity (Wildman–Crippen MR) is 68.2 cm³/mol. The Morgan fingerprint density at radius 1 is 1.35 bits per heavy atom. The van der Waals surface area contributed by atoms with Gasteiger partial charge < -0.3 is 9.87 Å². The number of aryl methyl sites for hydroxylation is 1. The molecule has 1 amide bonds. The van der Waals surface area contributed by atoms with Gasteiger partial charge in [-0.2, -0.15) is 0 Å². The highest BCUT2D eigenvalue weighted by molar-refractivity contribution is 7.92. The fraction of sp³-hybridized carbons (Fsp3) is 0.462. The zero-order valence-corrected chi connectivity index (χ0v) is 10.8. The van der Waals surface area contributed by atoms with E-state index in [1.165, 1.54) is 0 Å². The molecule has 4 heteroatoms. The van der Waals surface area contributed by atoms with Crippen molar-refractivity contribution in [1.29, 1.82) is 0 Å². The molecule has 0 aromatic heterocycles. The fourth-order valence-corrected chi connectivity index (χ4v) is 3.46. The maximum Gasteiger partial charge on any atom is 0.225 e. The highest BCUT2D eigenvalue weighted by Gasteiger charge is 2.28. The van der Waals surface area contributed by atoms with Gasteiger partial charge in [0.05, 0.1) is 6.42 Å². The van der Waals surface area contributed by atoms with Crippen LogP contribution in [0.25, 0.3) is 0 Å². The van der Waals surface area contributed by atoms with Crippen LogP contribution in [-0.4, -0.2) is 22.3 Å². The maximum atomic E-state index is 12.3. The Morgan fingerprint density at radius 2 is 2.06 bits per heavy atom. The highest BCUT2D eigenvalue weighted by Crippen LogP contribution is 2.23. The predicted octanol–water partition coefficient (Wildman–Crippen LogP) is 1.77. The SMILES string of the molecule is Cc1ccc([S+]([O-])C2CCCNC(=O)C2)cc1. The summed E-state index contributed by atoms with van der Waals surface area (Å²) in [6, 6.07) is 7.72. The van der Waals surface area contributed by atoms with E-state index in [0.717, 1.165) is 23.3 Å². The molecule has 0 aliphatic carbocycles. The van der Waals surface area contributed by atoms with Crippen LogP contribution in [-0.2, 0) is 16.0 Å². The number of carbonyl (C=O) groups is 1. The Morgan fingerprint density at radius 3 is 2.76 bits per heavy atom. The van der Waals surface area contributed by atoms with Gasteiger partial charge in [-0.05, 0) is 43.1 Å². The molecule has 1 aliphatic heterocycles. The van der Waals surface area contributed by atoms with Crippen LogP contribution in [0.3, 0.4) is 0 Å². The molecule has 0 saturated carbocycles. The molecule has 92 valence electrons. The Hall–Kier alpha value is -1.00. The van der Waals surface area contributed by atoms with Crippen molar-refractivity contribution in [3.05, 3.63) is 29.8 Å². The minimum Gasteiger partial charge on any atom is -0.611 e. The van der Waals surface area contributed by atoms with Crippen molar-refractivity contribution >= 4 is 17.1 Å². The van der Waals surface area contributed by atoms with Gasteiger partial charge in [0.25, 0.3) is 0 Å². The highest BCUT2D eigenvalue weighted by atomic mass is 32.2. The van der Waals surface area contributed by atoms with Gasteiger partial charge in [-0.3, -0.25) is 4.79 Å². The number of hydrogen-bond acceptors (Lipinski definition) is 2. The van der Waals surface area contributed by atoms with Gasteiger partial charge in [0.2, 0.25) is 5.91 Å². The lowest BCUT2D eigenvalue weighted by atomic mass is 10.2. The van der Waals surface area contributed by atoms with Gasteiger partial charge in [0.15, 0.2) is 4.90 Å². The van der Waals surface area contributed by atoms with Crippen LogP contribution in [0.15, 0.2) is 29.2 Å². The summed E-state index contributed by atoms with van der Waals surface area (Å²) in [6.07, 6.45) is 2.13. The van der Waals surface area contributed by atoms with Crippen LogP contribution in [0.1, 0.15) is 24.8 Å². The quantitative estimate of drug-likeness (QED) is 0.814. The third-order valence-electron chi connectivity index (χ3n) is 2.99. The zero-order chi connectivity index (χ0) is 12.3. The van der Waals surface area contributed by atoms with Crippen LogP contribution < -0.4 is 5.32 Å². The number of rotatable bonds is 2. The summed E-state index contributed by atoms with van der Waals surface area (Å²) in [5, 5.41) is 2.78. The lowest BCUT2D eigenvalue weighted by Gasteiger charge is -2.19. The van der Waals surface area contributed by atoms with Crippen LogP contribution >= 0.6 is 0 Å². The third kappa shape index (κ3) is 3.23. The van der Waals surface area contributed by atoms with Gasteiger partial charge in [0.1, 0.15) is 5.25 Å². The van der Waals surface area contributed by atoms with Gasteiger partial charge in [-0.25, -0.2) is 0 Å². The molecule has 1 saturated heterocycles. The van der Waals surface area contributed by atoms with E-state index in [4.69, 9.17) is 0 Å². The number of benzene rings is 1. The van der Waals surface area contributed by atoms with Crippen LogP contribution in [0.2, 0.25) is 0 Å². The molecule has 1 N–H and O–H groups in total. The van der Waals surface area contributed by atoms with Gasteiger partial charge in [-0.15, -0.1) is 0 Å². The average molecular weight is 251 g/mol. The average Bonchev–Trinajstić information content (AvgIpc) is 2.54. The monoisotopic (exact) mass is 251 g/mol. The van der Waals surface area contributed by atoms with Crippen LogP contribution in [0.4, 0.5) is 0 Å². The lowest BCUT2D eigenvalue weighted by molar-refractivity contribution is -0.120. The molecule has 1 fully saturated rings. The van der Waals surface area contributed by atoms with E-state index >= 15 is 0 Å². The molecule has 1 aromatic carbocycles. The maximum absolute atomic E-state index is 12.3. The molecular weight excluding hydrogens is 234 g/mol. The van der Waals surface area contributed by atoms with E-state index in [9.17, 15) is 9.35 Å². The fourth-order valence-electron chi connectivity index (χ4n) is 1.99. The summed E-state index contributed by atoms with van der Waals surface area (Å²) < 4.78 is 12.3. The molecule has 2 atom stereocenters. The summed E-state index contributed by atoms with van der Waals surface area (Å²) in [5.74, 6) is 0.0213. The van der Waals surface area contributed by atoms with Crippen molar-refractivity contribution in [2.45, 2.75) is 36.3 Å². The standard InChI is InChI=1S/C13H17NO2S/c1-10-4-6-11(7-5-10)17(16)12-3-2-8-14-13(15)9-12/h4-7,12H,2-3,8-9H2,1H3,(H,14,15). The summed E-state index contributed by atoms with van der Waals surface area (Å²) in [4.78, 5) is 12.3. The molecule has 2 rings (SSSR count). The molecule has 3 nitrogen and oxygen atoms in total. The van der Waals surface area contributed by atoms with E-state index in [-0.39, 0.29) is 11.2 Å². The first-order valence-corrected chi connectivity index (χ1v) is 7.12. The molecule has 0 spiro atoms. The van der Waals surface area contributed by atoms with E-state index in [1.54, 1.807) is 0 Å². The molecule has 1 aliphatic rings. The molecule has 17 heavy (non-hydrogen) atoms. The largest absolute Gasteiger partial charge is 0.611 e. The molecule has 1 heterocycles. The topological polar surface area (TPSA) is 52.2 Å². The van der Waals surface area contributed by atoms with Crippen LogP contribution in [0.5, 0.6) is 0 Å². The van der Waals surface area contributed by atoms with Gasteiger partial charge >= 0.3 is 0 Å². The van der Waals surface area contributed by atoms with E-state index in [0.29, 0.717) is 13.0 Å². The second kappa shape index (κ2) is 5.56. The smallest absolute Gasteiger partial charge is 0.225 e. The normalized spacial score (nSPS) is 22.7. The zero-order valence-electron chi connectivity index (χ0n) is 9.94. The van der Waals surface area contributed by atoms with Crippen molar-refractivity contribution in [2.24, 2.45) is 0 Å². The summed E-state index contributed by atoms with van der Waals surface area (Å²) >= 11 is -1.07. The van der Waals surface area contributed by atoms with Gasteiger partial charge in [0, 0.05) is 6.54 Å². The van der Waals surface area contributed by atoms with Crippen molar-refractivity contribution in [3.8, 4) is 0 Å². The van der Waals surface area contributed by atoms with Crippen molar-refractivity contribution in [1.82, 2.24) is 5.32 Å². The number of hydrogen-bond donors (Lipinski definition) is 1. The van der Waals surface area contributed by atoms with Gasteiger partial charge in [-0.1, -0.05) is 17.7 Å². The first-order chi connectivity index (χ1) is 8.16. The second-order valence-corrected chi connectivity index (χ2v) is 6.16. The Labute approximate surface area is 105 Å². The van der Waals surface area contributed by atoms with Crippen molar-refractivity contribution in [2.75, 3.05) is 6.54 Å². The van der Waals surface area contributed by atoms with E-state index < -0.39 is 11.2 Å². The first kappa shape index (κ1) is 12.5. The minimum atomic E-state index is -1.07. The van der Waals surface area contributed by atoms with E-state index in [2.05, 4.69) is 5.32 Å². The second-order valence-electron chi connectivity index (χ2n) is 4.43. The minimum absolute atomic E-state index is 0.0213. The van der Waals surface area contributed by atoms with Crippen LogP contribution in [0, 0.1) is 6.92 Å². The summed E-state index contributed by atoms with van der Waals surface area (Å²) in [6.45, 7) is 2.71. The summed E-state index contributed by atoms with van der Waals surface area (Å²) in [5.41, 5.74) is 1.16. The molecule has 1 aromatic rings. The lowest BCUT2D eigenvalue weighted by Crippen LogP contribution is -2.27. The number of amides is 1. The molecule has 2 unspecified atom stereocenters. The Kier molecular flexibility index (Phi) is 4.07.